The van der Waals surface area contributed by atoms with Crippen molar-refractivity contribution in [2.24, 2.45) is 0 Å². The molecule has 1 atom stereocenters. The van der Waals surface area contributed by atoms with Crippen molar-refractivity contribution in [3.05, 3.63) is 29.8 Å². The zero-order valence-corrected chi connectivity index (χ0v) is 11.8. The molecule has 20 heavy (non-hydrogen) atoms. The zero-order valence-electron chi connectivity index (χ0n) is 11.8. The number of carbonyl (C=O) groups is 1. The minimum Gasteiger partial charge on any atom is -0.494 e. The molecule has 1 unspecified atom stereocenters. The van der Waals surface area contributed by atoms with Crippen LogP contribution in [0.1, 0.15) is 25.3 Å². The van der Waals surface area contributed by atoms with Crippen LogP contribution in [-0.2, 0) is 6.54 Å². The summed E-state index contributed by atoms with van der Waals surface area (Å²) in [6, 6.07) is 7.55. The molecule has 1 aliphatic rings. The van der Waals surface area contributed by atoms with Crippen molar-refractivity contribution in [3.8, 4) is 5.75 Å². The summed E-state index contributed by atoms with van der Waals surface area (Å²) in [5.74, 6) is 0.800. The smallest absolute Gasteiger partial charge is 0.317 e. The predicted molar refractivity (Wildman–Crippen MR) is 76.7 cm³/mol. The number of nitrogens with zero attached hydrogens (tertiary/aromatic N) is 1. The molecule has 0 spiro atoms. The molecule has 5 nitrogen and oxygen atoms in total. The number of hydrogen-bond donors (Lipinski definition) is 2. The molecule has 0 aliphatic carbocycles. The van der Waals surface area contributed by atoms with E-state index >= 15 is 0 Å². The van der Waals surface area contributed by atoms with Gasteiger partial charge in [0.05, 0.1) is 12.7 Å². The fraction of sp³-hybridized carbons (Fsp3) is 0.533. The van der Waals surface area contributed by atoms with Gasteiger partial charge in [-0.3, -0.25) is 0 Å². The summed E-state index contributed by atoms with van der Waals surface area (Å²) in [7, 11) is 0. The van der Waals surface area contributed by atoms with Gasteiger partial charge in [-0.05, 0) is 25.8 Å². The highest BCUT2D eigenvalue weighted by Crippen LogP contribution is 2.18. The van der Waals surface area contributed by atoms with Crippen molar-refractivity contribution in [2.45, 2.75) is 32.4 Å². The van der Waals surface area contributed by atoms with E-state index in [1.54, 1.807) is 4.90 Å². The first-order valence-electron chi connectivity index (χ1n) is 7.12. The monoisotopic (exact) mass is 278 g/mol. The third kappa shape index (κ3) is 3.87. The lowest BCUT2D eigenvalue weighted by atomic mass is 10.1. The van der Waals surface area contributed by atoms with Crippen molar-refractivity contribution in [1.29, 1.82) is 0 Å². The number of carbonyl (C=O) groups excluding carboxylic acids is 1. The van der Waals surface area contributed by atoms with Crippen molar-refractivity contribution < 1.29 is 14.6 Å². The maximum atomic E-state index is 12.0. The molecule has 5 heteroatoms. The molecule has 1 aromatic rings. The largest absolute Gasteiger partial charge is 0.494 e. The Labute approximate surface area is 119 Å². The number of amides is 2. The maximum Gasteiger partial charge on any atom is 0.317 e. The normalized spacial score (nSPS) is 18.7. The quantitative estimate of drug-likeness (QED) is 0.882. The van der Waals surface area contributed by atoms with E-state index in [2.05, 4.69) is 5.32 Å². The molecule has 0 bridgehead atoms. The topological polar surface area (TPSA) is 61.8 Å². The van der Waals surface area contributed by atoms with Crippen LogP contribution in [0.25, 0.3) is 0 Å². The number of urea groups is 1. The second kappa shape index (κ2) is 7.14. The Morgan fingerprint density at radius 1 is 1.50 bits per heavy atom. The Balaban J connectivity index is 1.89. The fourth-order valence-corrected chi connectivity index (χ4v) is 2.37. The third-order valence-electron chi connectivity index (χ3n) is 3.39. The van der Waals surface area contributed by atoms with Crippen LogP contribution in [0.4, 0.5) is 4.79 Å². The summed E-state index contributed by atoms with van der Waals surface area (Å²) in [4.78, 5) is 13.7. The summed E-state index contributed by atoms with van der Waals surface area (Å²) in [5, 5.41) is 12.5. The number of nitrogens with one attached hydrogen (secondary N) is 1. The number of hydrogen-bond acceptors (Lipinski definition) is 3. The van der Waals surface area contributed by atoms with E-state index < -0.39 is 6.10 Å². The molecule has 1 heterocycles. The highest BCUT2D eigenvalue weighted by molar-refractivity contribution is 5.74. The average molecular weight is 278 g/mol. The lowest BCUT2D eigenvalue weighted by Crippen LogP contribution is -2.46. The van der Waals surface area contributed by atoms with Gasteiger partial charge in [-0.1, -0.05) is 18.2 Å². The van der Waals surface area contributed by atoms with E-state index in [1.807, 2.05) is 31.2 Å². The molecule has 1 aliphatic heterocycles. The Morgan fingerprint density at radius 2 is 2.30 bits per heavy atom. The molecule has 2 rings (SSSR count). The van der Waals surface area contributed by atoms with Gasteiger partial charge in [0.15, 0.2) is 0 Å². The number of aliphatic hydroxyl groups is 1. The lowest BCUT2D eigenvalue weighted by molar-refractivity contribution is 0.0841. The van der Waals surface area contributed by atoms with Crippen LogP contribution < -0.4 is 10.1 Å². The van der Waals surface area contributed by atoms with Crippen molar-refractivity contribution in [3.63, 3.8) is 0 Å². The molecular formula is C15H22N2O3. The molecule has 1 aromatic carbocycles. The van der Waals surface area contributed by atoms with Crippen LogP contribution in [0, 0.1) is 0 Å². The van der Waals surface area contributed by atoms with Crippen molar-refractivity contribution in [2.75, 3.05) is 19.7 Å². The molecular weight excluding hydrogens is 256 g/mol. The Morgan fingerprint density at radius 3 is 3.05 bits per heavy atom. The molecule has 0 radical (unpaired) electrons. The predicted octanol–water partition coefficient (Wildman–Crippen LogP) is 1.75. The number of para-hydroxylation sites is 1. The third-order valence-corrected chi connectivity index (χ3v) is 3.39. The maximum absolute atomic E-state index is 12.0. The van der Waals surface area contributed by atoms with Gasteiger partial charge in [-0.2, -0.15) is 0 Å². The summed E-state index contributed by atoms with van der Waals surface area (Å²) >= 11 is 0. The number of β-amino-alcohol motifs (C(OH)–C–C–N with tert-alkyl or cyclic N) is 1. The first-order chi connectivity index (χ1) is 9.70. The van der Waals surface area contributed by atoms with Gasteiger partial charge in [0.25, 0.3) is 0 Å². The number of piperidine rings is 1. The Kier molecular flexibility index (Phi) is 5.24. The number of aliphatic hydroxyl groups excluding tert-OH is 1. The van der Waals surface area contributed by atoms with Crippen LogP contribution in [0.3, 0.4) is 0 Å². The van der Waals surface area contributed by atoms with Crippen molar-refractivity contribution >= 4 is 6.03 Å². The van der Waals surface area contributed by atoms with Crippen LogP contribution in [-0.4, -0.2) is 41.8 Å². The van der Waals surface area contributed by atoms with Crippen molar-refractivity contribution in [1.82, 2.24) is 10.2 Å². The van der Waals surface area contributed by atoms with E-state index in [4.69, 9.17) is 4.74 Å². The molecule has 1 fully saturated rings. The van der Waals surface area contributed by atoms with Gasteiger partial charge in [-0.15, -0.1) is 0 Å². The first-order valence-corrected chi connectivity index (χ1v) is 7.12. The van der Waals surface area contributed by atoms with Gasteiger partial charge in [0.2, 0.25) is 0 Å². The highest BCUT2D eigenvalue weighted by atomic mass is 16.5. The Hall–Kier alpha value is -1.75. The summed E-state index contributed by atoms with van der Waals surface area (Å²) in [6.45, 7) is 4.09. The van der Waals surface area contributed by atoms with Crippen LogP contribution in [0.15, 0.2) is 24.3 Å². The average Bonchev–Trinajstić information content (AvgIpc) is 2.46. The number of benzene rings is 1. The Bertz CT molecular complexity index is 450. The van der Waals surface area contributed by atoms with Gasteiger partial charge < -0.3 is 20.1 Å². The van der Waals surface area contributed by atoms with Gasteiger partial charge in [0.1, 0.15) is 5.75 Å². The van der Waals surface area contributed by atoms with Crippen LogP contribution in [0.5, 0.6) is 5.75 Å². The number of likely N-dealkylation sites (tertiary alicyclic amines) is 1. The highest BCUT2D eigenvalue weighted by Gasteiger charge is 2.21. The zero-order chi connectivity index (χ0) is 14.4. The molecule has 110 valence electrons. The molecule has 2 N–H and O–H groups in total. The van der Waals surface area contributed by atoms with E-state index in [0.717, 1.165) is 24.2 Å². The lowest BCUT2D eigenvalue weighted by Gasteiger charge is -2.30. The number of rotatable bonds is 4. The molecule has 0 saturated carbocycles. The minimum absolute atomic E-state index is 0.130. The molecule has 1 saturated heterocycles. The van der Waals surface area contributed by atoms with Gasteiger partial charge >= 0.3 is 6.03 Å². The SMILES string of the molecule is CCOc1ccccc1CNC(=O)N1CCCC(O)C1. The van der Waals surface area contributed by atoms with Crippen LogP contribution >= 0.6 is 0 Å². The van der Waals surface area contributed by atoms with Gasteiger partial charge in [0, 0.05) is 25.2 Å². The second-order valence-corrected chi connectivity index (χ2v) is 4.94. The summed E-state index contributed by atoms with van der Waals surface area (Å²) in [5.41, 5.74) is 0.959. The van der Waals surface area contributed by atoms with E-state index in [1.165, 1.54) is 0 Å². The van der Waals surface area contributed by atoms with E-state index in [9.17, 15) is 9.90 Å². The second-order valence-electron chi connectivity index (χ2n) is 4.94. The molecule has 0 aromatic heterocycles. The standard InChI is InChI=1S/C15H22N2O3/c1-2-20-14-8-4-3-6-12(14)10-16-15(19)17-9-5-7-13(18)11-17/h3-4,6,8,13,18H,2,5,7,9-11H2,1H3,(H,16,19). The number of ether oxygens (including phenoxy) is 1. The summed E-state index contributed by atoms with van der Waals surface area (Å²) < 4.78 is 5.53. The molecule has 2 amide bonds. The van der Waals surface area contributed by atoms with E-state index in [0.29, 0.717) is 26.2 Å². The fourth-order valence-electron chi connectivity index (χ4n) is 2.37. The van der Waals surface area contributed by atoms with E-state index in [-0.39, 0.29) is 6.03 Å². The summed E-state index contributed by atoms with van der Waals surface area (Å²) in [6.07, 6.45) is 1.23. The minimum atomic E-state index is -0.398. The van der Waals surface area contributed by atoms with Crippen LogP contribution in [0.2, 0.25) is 0 Å². The first kappa shape index (κ1) is 14.7. The van der Waals surface area contributed by atoms with Gasteiger partial charge in [-0.25, -0.2) is 4.79 Å².